The van der Waals surface area contributed by atoms with E-state index in [0.29, 0.717) is 24.8 Å². The summed E-state index contributed by atoms with van der Waals surface area (Å²) in [7, 11) is 0. The molecule has 8 atom stereocenters. The minimum atomic E-state index is -1.98. The maximum atomic E-state index is 16.9. The molecule has 4 aliphatic carbocycles. The number of carbonyl (C=O) groups is 2. The highest BCUT2D eigenvalue weighted by Crippen LogP contribution is 2.70. The molecular weight excluding hydrogens is 363 g/mol. The standard InChI is InChI=1S/C22H29FO5/c1-12-8-16-15-5-4-13-9-14(25)6-7-19(13,2)21(15,23)17(26)10-20(16,3)22(12,28)18(27)11-24/h6-7,9,12,15-17,24,26,28H,4-5,8,10-11H2,1-3H3/t12-,15?,16?,17+,19?,20?,21+,22+/m1/s1. The Morgan fingerprint density at radius 3 is 2.64 bits per heavy atom. The van der Waals surface area contributed by atoms with Gasteiger partial charge in [0.25, 0.3) is 0 Å². The summed E-state index contributed by atoms with van der Waals surface area (Å²) in [5.41, 5.74) is -5.17. The lowest BCUT2D eigenvalue weighted by atomic mass is 9.44. The predicted octanol–water partition coefficient (Wildman–Crippen LogP) is 1.90. The largest absolute Gasteiger partial charge is 0.390 e. The molecule has 3 saturated carbocycles. The van der Waals surface area contributed by atoms with Crippen LogP contribution in [0.2, 0.25) is 0 Å². The molecule has 0 aromatic rings. The lowest BCUT2D eigenvalue weighted by Gasteiger charge is -2.62. The third kappa shape index (κ3) is 2.01. The second-order valence-corrected chi connectivity index (χ2v) is 9.75. The van der Waals surface area contributed by atoms with E-state index in [1.807, 2.05) is 0 Å². The average Bonchev–Trinajstić information content (AvgIpc) is 2.84. The molecule has 4 rings (SSSR count). The topological polar surface area (TPSA) is 94.8 Å². The summed E-state index contributed by atoms with van der Waals surface area (Å²) in [4.78, 5) is 24.4. The average molecular weight is 392 g/mol. The van der Waals surface area contributed by atoms with Crippen molar-refractivity contribution in [2.75, 3.05) is 6.61 Å². The lowest BCUT2D eigenvalue weighted by Crippen LogP contribution is -2.69. The number of allylic oxidation sites excluding steroid dienone is 4. The van der Waals surface area contributed by atoms with E-state index in [1.54, 1.807) is 26.8 Å². The quantitative estimate of drug-likeness (QED) is 0.667. The fraction of sp³-hybridized carbons (Fsp3) is 0.727. The second kappa shape index (κ2) is 5.83. The number of ketones is 2. The Hall–Kier alpha value is -1.37. The molecule has 4 unspecified atom stereocenters. The van der Waals surface area contributed by atoms with E-state index in [2.05, 4.69) is 0 Å². The van der Waals surface area contributed by atoms with Crippen LogP contribution in [0.5, 0.6) is 0 Å². The first-order valence-corrected chi connectivity index (χ1v) is 10.1. The van der Waals surface area contributed by atoms with Crippen LogP contribution in [-0.4, -0.2) is 50.9 Å². The summed E-state index contributed by atoms with van der Waals surface area (Å²) in [5, 5.41) is 32.0. The third-order valence-corrected chi connectivity index (χ3v) is 8.79. The van der Waals surface area contributed by atoms with Gasteiger partial charge in [0.05, 0.1) is 6.10 Å². The van der Waals surface area contributed by atoms with Crippen molar-refractivity contribution in [3.63, 3.8) is 0 Å². The van der Waals surface area contributed by atoms with Gasteiger partial charge in [0, 0.05) is 16.7 Å². The van der Waals surface area contributed by atoms with E-state index in [-0.39, 0.29) is 18.1 Å². The lowest BCUT2D eigenvalue weighted by molar-refractivity contribution is -0.219. The number of hydrogen-bond donors (Lipinski definition) is 3. The zero-order valence-corrected chi connectivity index (χ0v) is 16.6. The summed E-state index contributed by atoms with van der Waals surface area (Å²) >= 11 is 0. The van der Waals surface area contributed by atoms with Gasteiger partial charge >= 0.3 is 0 Å². The first-order chi connectivity index (χ1) is 13.0. The van der Waals surface area contributed by atoms with E-state index in [4.69, 9.17) is 0 Å². The molecule has 3 N–H and O–H groups in total. The Labute approximate surface area is 164 Å². The number of hydrogen-bond acceptors (Lipinski definition) is 5. The number of carbonyl (C=O) groups excluding carboxylic acids is 2. The number of Topliss-reactive ketones (excluding diaryl/α,β-unsaturated/α-hetero) is 1. The molecule has 0 aromatic carbocycles. The molecule has 5 nitrogen and oxygen atoms in total. The number of alkyl halides is 1. The van der Waals surface area contributed by atoms with Crippen molar-refractivity contribution in [3.8, 4) is 0 Å². The first kappa shape index (κ1) is 19.9. The molecule has 0 aromatic heterocycles. The zero-order chi connectivity index (χ0) is 20.7. The zero-order valence-electron chi connectivity index (χ0n) is 16.6. The highest BCUT2D eigenvalue weighted by Gasteiger charge is 2.75. The second-order valence-electron chi connectivity index (χ2n) is 9.75. The number of rotatable bonds is 2. The van der Waals surface area contributed by atoms with Crippen LogP contribution in [0.15, 0.2) is 23.8 Å². The highest BCUT2D eigenvalue weighted by atomic mass is 19.1. The van der Waals surface area contributed by atoms with Gasteiger partial charge < -0.3 is 15.3 Å². The van der Waals surface area contributed by atoms with Crippen molar-refractivity contribution in [1.82, 2.24) is 0 Å². The van der Waals surface area contributed by atoms with Crippen molar-refractivity contribution in [2.45, 2.75) is 63.8 Å². The Kier molecular flexibility index (Phi) is 4.15. The molecule has 0 radical (unpaired) electrons. The molecule has 0 amide bonds. The molecule has 0 heterocycles. The van der Waals surface area contributed by atoms with Crippen LogP contribution in [-0.2, 0) is 9.59 Å². The number of halogens is 1. The SMILES string of the molecule is C[C@@H]1CC2C3CCC4=CC(=O)C=CC4(C)[C@@]3(F)[C@@H](O)CC2(C)[C@@]1(O)C(=O)CO. The number of fused-ring (bicyclic) bond motifs is 5. The van der Waals surface area contributed by atoms with Crippen molar-refractivity contribution >= 4 is 11.6 Å². The summed E-state index contributed by atoms with van der Waals surface area (Å²) in [6, 6.07) is 0. The van der Waals surface area contributed by atoms with Crippen LogP contribution >= 0.6 is 0 Å². The van der Waals surface area contributed by atoms with E-state index in [0.717, 1.165) is 0 Å². The Bertz CT molecular complexity index is 805. The van der Waals surface area contributed by atoms with E-state index < -0.39 is 52.4 Å². The van der Waals surface area contributed by atoms with Gasteiger partial charge in [-0.3, -0.25) is 9.59 Å². The Balaban J connectivity index is 1.84. The van der Waals surface area contributed by atoms with Gasteiger partial charge in [0.15, 0.2) is 17.2 Å². The molecular formula is C22H29FO5. The Morgan fingerprint density at radius 1 is 1.32 bits per heavy atom. The molecule has 0 aliphatic heterocycles. The van der Waals surface area contributed by atoms with E-state index in [9.17, 15) is 24.9 Å². The minimum absolute atomic E-state index is 0.0676. The third-order valence-electron chi connectivity index (χ3n) is 8.79. The molecule has 4 aliphatic rings. The normalized spacial score (nSPS) is 52.5. The van der Waals surface area contributed by atoms with Gasteiger partial charge in [-0.15, -0.1) is 0 Å². The molecule has 0 bridgehead atoms. The van der Waals surface area contributed by atoms with Crippen LogP contribution in [0, 0.1) is 28.6 Å². The molecule has 154 valence electrons. The smallest absolute Gasteiger partial charge is 0.190 e. The Morgan fingerprint density at radius 2 is 2.00 bits per heavy atom. The molecule has 6 heteroatoms. The first-order valence-electron chi connectivity index (χ1n) is 10.1. The maximum Gasteiger partial charge on any atom is 0.190 e. The summed E-state index contributed by atoms with van der Waals surface area (Å²) in [6.07, 6.45) is 4.44. The highest BCUT2D eigenvalue weighted by molar-refractivity contribution is 6.01. The van der Waals surface area contributed by atoms with Gasteiger partial charge in [0.2, 0.25) is 0 Å². The van der Waals surface area contributed by atoms with Crippen LogP contribution < -0.4 is 0 Å². The summed E-state index contributed by atoms with van der Waals surface area (Å²) in [5.74, 6) is -2.12. The van der Waals surface area contributed by atoms with Gasteiger partial charge in [-0.1, -0.05) is 25.5 Å². The van der Waals surface area contributed by atoms with Gasteiger partial charge in [-0.25, -0.2) is 4.39 Å². The van der Waals surface area contributed by atoms with Crippen molar-refractivity contribution < 1.29 is 29.3 Å². The maximum absolute atomic E-state index is 16.9. The monoisotopic (exact) mass is 392 g/mol. The van der Waals surface area contributed by atoms with Gasteiger partial charge in [-0.2, -0.15) is 0 Å². The number of aliphatic hydroxyl groups excluding tert-OH is 2. The van der Waals surface area contributed by atoms with Gasteiger partial charge in [-0.05, 0) is 56.6 Å². The molecule has 0 spiro atoms. The molecule has 3 fully saturated rings. The predicted molar refractivity (Wildman–Crippen MR) is 99.9 cm³/mol. The summed E-state index contributed by atoms with van der Waals surface area (Å²) in [6.45, 7) is 4.48. The van der Waals surface area contributed by atoms with Crippen LogP contribution in [0.3, 0.4) is 0 Å². The van der Waals surface area contributed by atoms with Crippen LogP contribution in [0.4, 0.5) is 4.39 Å². The van der Waals surface area contributed by atoms with Crippen LogP contribution in [0.25, 0.3) is 0 Å². The van der Waals surface area contributed by atoms with Crippen molar-refractivity contribution in [1.29, 1.82) is 0 Å². The summed E-state index contributed by atoms with van der Waals surface area (Å²) < 4.78 is 16.9. The fourth-order valence-corrected chi connectivity index (χ4v) is 7.26. The van der Waals surface area contributed by atoms with Crippen molar-refractivity contribution in [2.24, 2.45) is 28.6 Å². The molecule has 0 saturated heterocycles. The van der Waals surface area contributed by atoms with Gasteiger partial charge in [0.1, 0.15) is 12.2 Å². The number of aliphatic hydroxyl groups is 3. The molecule has 28 heavy (non-hydrogen) atoms. The minimum Gasteiger partial charge on any atom is -0.390 e. The van der Waals surface area contributed by atoms with Crippen LogP contribution in [0.1, 0.15) is 46.5 Å². The fourth-order valence-electron chi connectivity index (χ4n) is 7.26. The van der Waals surface area contributed by atoms with E-state index in [1.165, 1.54) is 12.2 Å². The van der Waals surface area contributed by atoms with Crippen molar-refractivity contribution in [3.05, 3.63) is 23.8 Å². The van der Waals surface area contributed by atoms with E-state index >= 15 is 4.39 Å².